The fraction of sp³-hybridized carbons (Fsp3) is 0.600. The van der Waals surface area contributed by atoms with Crippen LogP contribution in [0.5, 0.6) is 5.75 Å². The molecule has 0 saturated heterocycles. The van der Waals surface area contributed by atoms with E-state index in [0.29, 0.717) is 0 Å². The Hall–Kier alpha value is -0.730. The molecular weight excluding hydrogens is 246 g/mol. The Morgan fingerprint density at radius 3 is 2.89 bits per heavy atom. The zero-order valence-electron chi connectivity index (χ0n) is 10.4. The molecule has 1 aliphatic heterocycles. The summed E-state index contributed by atoms with van der Waals surface area (Å²) in [4.78, 5) is 0. The zero-order valence-corrected chi connectivity index (χ0v) is 11.1. The number of ether oxygens (including phenoxy) is 1. The summed E-state index contributed by atoms with van der Waals surface area (Å²) < 4.78 is 6.40. The quantitative estimate of drug-likeness (QED) is 0.775. The Kier molecular flexibility index (Phi) is 2.25. The molecule has 3 heteroatoms. The predicted molar refractivity (Wildman–Crippen MR) is 71.8 cm³/mol. The second-order valence-corrected chi connectivity index (χ2v) is 6.68. The van der Waals surface area contributed by atoms with E-state index >= 15 is 0 Å². The van der Waals surface area contributed by atoms with Crippen LogP contribution in [0.2, 0.25) is 5.02 Å². The number of hydrogen-bond donors (Lipinski definition) is 1. The predicted octanol–water partition coefficient (Wildman–Crippen LogP) is 3.68. The van der Waals surface area contributed by atoms with Gasteiger partial charge >= 0.3 is 0 Å². The average Bonchev–Trinajstić information content (AvgIpc) is 2.91. The van der Waals surface area contributed by atoms with Crippen LogP contribution in [0.15, 0.2) is 18.2 Å². The van der Waals surface area contributed by atoms with Crippen LogP contribution in [0, 0.1) is 11.8 Å². The fourth-order valence-corrected chi connectivity index (χ4v) is 4.59. The third kappa shape index (κ3) is 1.45. The van der Waals surface area contributed by atoms with Crippen molar-refractivity contribution < 1.29 is 4.74 Å². The average molecular weight is 264 g/mol. The van der Waals surface area contributed by atoms with Gasteiger partial charge in [0.25, 0.3) is 0 Å². The van der Waals surface area contributed by atoms with Gasteiger partial charge in [0.15, 0.2) is 0 Å². The van der Waals surface area contributed by atoms with E-state index in [4.69, 9.17) is 22.1 Å². The Morgan fingerprint density at radius 2 is 2.17 bits per heavy atom. The van der Waals surface area contributed by atoms with Crippen LogP contribution in [0.4, 0.5) is 0 Å². The van der Waals surface area contributed by atoms with Crippen molar-refractivity contribution in [3.8, 4) is 5.75 Å². The van der Waals surface area contributed by atoms with Gasteiger partial charge in [0.2, 0.25) is 0 Å². The summed E-state index contributed by atoms with van der Waals surface area (Å²) in [6.07, 6.45) is 6.21. The van der Waals surface area contributed by atoms with Crippen LogP contribution < -0.4 is 10.5 Å². The minimum atomic E-state index is 0.0309. The van der Waals surface area contributed by atoms with Crippen LogP contribution >= 0.6 is 11.6 Å². The highest BCUT2D eigenvalue weighted by molar-refractivity contribution is 6.30. The van der Waals surface area contributed by atoms with Crippen molar-refractivity contribution in [2.24, 2.45) is 17.6 Å². The van der Waals surface area contributed by atoms with Gasteiger partial charge in [-0.2, -0.15) is 0 Å². The Labute approximate surface area is 112 Å². The van der Waals surface area contributed by atoms with Crippen molar-refractivity contribution in [3.05, 3.63) is 28.8 Å². The van der Waals surface area contributed by atoms with E-state index in [1.165, 1.54) is 25.7 Å². The van der Waals surface area contributed by atoms with E-state index < -0.39 is 0 Å². The smallest absolute Gasteiger partial charge is 0.125 e. The van der Waals surface area contributed by atoms with E-state index in [1.807, 2.05) is 18.2 Å². The molecule has 18 heavy (non-hydrogen) atoms. The van der Waals surface area contributed by atoms with Gasteiger partial charge in [-0.25, -0.2) is 0 Å². The lowest BCUT2D eigenvalue weighted by atomic mass is 9.76. The summed E-state index contributed by atoms with van der Waals surface area (Å²) in [6.45, 7) is 0. The van der Waals surface area contributed by atoms with E-state index in [-0.39, 0.29) is 11.6 Å². The molecule has 4 rings (SSSR count). The van der Waals surface area contributed by atoms with Gasteiger partial charge in [-0.1, -0.05) is 11.6 Å². The molecule has 1 aromatic rings. The second kappa shape index (κ2) is 3.64. The first kappa shape index (κ1) is 11.1. The molecule has 2 fully saturated rings. The highest BCUT2D eigenvalue weighted by Crippen LogP contribution is 2.57. The molecule has 3 unspecified atom stereocenters. The highest BCUT2D eigenvalue weighted by atomic mass is 35.5. The van der Waals surface area contributed by atoms with Crippen LogP contribution in [0.3, 0.4) is 0 Å². The van der Waals surface area contributed by atoms with Crippen LogP contribution in [0.25, 0.3) is 0 Å². The van der Waals surface area contributed by atoms with Gasteiger partial charge in [0, 0.05) is 23.0 Å². The molecule has 0 aromatic heterocycles. The molecule has 2 N–H and O–H groups in total. The molecule has 0 amide bonds. The number of fused-ring (bicyclic) bond motifs is 4. The lowest BCUT2D eigenvalue weighted by Crippen LogP contribution is -2.47. The third-order valence-corrected chi connectivity index (χ3v) is 5.40. The standard InChI is InChI=1S/C15H18ClNO/c16-11-3-4-14-12(6-11)13(17)8-15(18-14)7-9-1-2-10(15)5-9/h3-4,6,9-10,13H,1-2,5,7-8,17H2/t9?,10?,13-,15?/m1/s1. The molecule has 2 saturated carbocycles. The van der Waals surface area contributed by atoms with Crippen molar-refractivity contribution in [3.63, 3.8) is 0 Å². The van der Waals surface area contributed by atoms with Gasteiger partial charge in [-0.3, -0.25) is 0 Å². The Bertz CT molecular complexity index is 503. The number of benzene rings is 1. The maximum atomic E-state index is 6.40. The van der Waals surface area contributed by atoms with Gasteiger partial charge in [-0.05, 0) is 55.7 Å². The Morgan fingerprint density at radius 1 is 1.28 bits per heavy atom. The first-order valence-electron chi connectivity index (χ1n) is 6.90. The summed E-state index contributed by atoms with van der Waals surface area (Å²) in [5.74, 6) is 2.55. The molecule has 1 aromatic carbocycles. The molecule has 1 heterocycles. The van der Waals surface area contributed by atoms with Crippen molar-refractivity contribution >= 4 is 11.6 Å². The summed E-state index contributed by atoms with van der Waals surface area (Å²) in [7, 11) is 0. The van der Waals surface area contributed by atoms with E-state index in [9.17, 15) is 0 Å². The van der Waals surface area contributed by atoms with Crippen molar-refractivity contribution in [1.29, 1.82) is 0 Å². The number of hydrogen-bond acceptors (Lipinski definition) is 2. The third-order valence-electron chi connectivity index (χ3n) is 5.17. The molecule has 96 valence electrons. The van der Waals surface area contributed by atoms with E-state index in [1.54, 1.807) is 0 Å². The number of rotatable bonds is 0. The second-order valence-electron chi connectivity index (χ2n) is 6.24. The first-order valence-corrected chi connectivity index (χ1v) is 7.28. The van der Waals surface area contributed by atoms with Crippen LogP contribution in [-0.2, 0) is 0 Å². The summed E-state index contributed by atoms with van der Waals surface area (Å²) in [5, 5.41) is 0.747. The molecule has 0 radical (unpaired) electrons. The molecule has 3 aliphatic rings. The lowest BCUT2D eigenvalue weighted by Gasteiger charge is -2.44. The van der Waals surface area contributed by atoms with Crippen molar-refractivity contribution in [2.75, 3.05) is 0 Å². The van der Waals surface area contributed by atoms with E-state index in [0.717, 1.165) is 34.6 Å². The summed E-state index contributed by atoms with van der Waals surface area (Å²) >= 11 is 6.05. The van der Waals surface area contributed by atoms with E-state index in [2.05, 4.69) is 0 Å². The molecule has 4 atom stereocenters. The topological polar surface area (TPSA) is 35.2 Å². The van der Waals surface area contributed by atoms with Crippen LogP contribution in [0.1, 0.15) is 43.7 Å². The zero-order chi connectivity index (χ0) is 12.3. The van der Waals surface area contributed by atoms with Gasteiger partial charge in [-0.15, -0.1) is 0 Å². The molecule has 2 aliphatic carbocycles. The number of nitrogens with two attached hydrogens (primary N) is 1. The lowest BCUT2D eigenvalue weighted by molar-refractivity contribution is -0.0141. The highest BCUT2D eigenvalue weighted by Gasteiger charge is 2.55. The van der Waals surface area contributed by atoms with Gasteiger partial charge in [0.05, 0.1) is 0 Å². The van der Waals surface area contributed by atoms with Crippen molar-refractivity contribution in [1.82, 2.24) is 0 Å². The maximum Gasteiger partial charge on any atom is 0.125 e. The largest absolute Gasteiger partial charge is 0.487 e. The van der Waals surface area contributed by atoms with Crippen LogP contribution in [-0.4, -0.2) is 5.60 Å². The minimum Gasteiger partial charge on any atom is -0.487 e. The van der Waals surface area contributed by atoms with Gasteiger partial charge in [0.1, 0.15) is 11.4 Å². The molecule has 2 bridgehead atoms. The number of halogens is 1. The SMILES string of the molecule is N[C@@H]1CC2(CC3CCC2C3)Oc2ccc(Cl)cc21. The first-order chi connectivity index (χ1) is 8.66. The fourth-order valence-electron chi connectivity index (χ4n) is 4.41. The molecular formula is C15H18ClNO. The molecule has 2 nitrogen and oxygen atoms in total. The Balaban J connectivity index is 1.74. The van der Waals surface area contributed by atoms with Gasteiger partial charge < -0.3 is 10.5 Å². The summed E-state index contributed by atoms with van der Waals surface area (Å²) in [6, 6.07) is 5.93. The monoisotopic (exact) mass is 263 g/mol. The molecule has 1 spiro atoms. The summed E-state index contributed by atoms with van der Waals surface area (Å²) in [5.41, 5.74) is 7.47. The maximum absolute atomic E-state index is 6.40. The van der Waals surface area contributed by atoms with Crippen molar-refractivity contribution in [2.45, 2.75) is 43.7 Å². The minimum absolute atomic E-state index is 0.0309. The normalized spacial score (nSPS) is 40.9.